The van der Waals surface area contributed by atoms with Gasteiger partial charge in [0.05, 0.1) is 23.4 Å². The number of para-hydroxylation sites is 1. The van der Waals surface area contributed by atoms with Crippen molar-refractivity contribution in [2.75, 3.05) is 4.90 Å². The highest BCUT2D eigenvalue weighted by molar-refractivity contribution is 7.26. The molecule has 2 aliphatic rings. The van der Waals surface area contributed by atoms with E-state index in [-0.39, 0.29) is 17.8 Å². The predicted octanol–water partition coefficient (Wildman–Crippen LogP) is 20.7. The van der Waals surface area contributed by atoms with Crippen LogP contribution in [0.25, 0.3) is 75.5 Å². The molecule has 16 rings (SSSR count). The number of hydrogen-bond donors (Lipinski definition) is 0. The maximum absolute atomic E-state index is 9.64. The van der Waals surface area contributed by atoms with Crippen LogP contribution < -0.4 is 4.90 Å². The number of thiophene rings is 1. The van der Waals surface area contributed by atoms with Crippen LogP contribution in [0.3, 0.4) is 0 Å². The minimum atomic E-state index is -0.747. The van der Waals surface area contributed by atoms with Crippen LogP contribution in [0.1, 0.15) is 51.4 Å². The van der Waals surface area contributed by atoms with E-state index in [0.29, 0.717) is 11.4 Å². The highest BCUT2D eigenvalue weighted by atomic mass is 32.1. The Morgan fingerprint density at radius 1 is 0.312 bits per heavy atom. The summed E-state index contributed by atoms with van der Waals surface area (Å²) in [6.07, 6.45) is 0. The van der Waals surface area contributed by atoms with Gasteiger partial charge in [-0.3, -0.25) is 0 Å². The summed E-state index contributed by atoms with van der Waals surface area (Å²) in [6, 6.07) is 98.2. The molecule has 0 N–H and O–H groups in total. The van der Waals surface area contributed by atoms with Crippen molar-refractivity contribution in [2.45, 2.75) is 10.8 Å². The second-order valence-corrected chi connectivity index (χ2v) is 22.0. The molecule has 0 saturated carbocycles. The highest BCUT2D eigenvalue weighted by Gasteiger charge is 2.47. The molecule has 0 saturated heterocycles. The van der Waals surface area contributed by atoms with Gasteiger partial charge in [-0.15, -0.1) is 11.3 Å². The van der Waals surface area contributed by atoms with E-state index in [1.54, 1.807) is 0 Å². The van der Waals surface area contributed by atoms with E-state index in [4.69, 9.17) is 4.11 Å². The maximum atomic E-state index is 9.64. The number of anilines is 3. The zero-order valence-corrected chi connectivity index (χ0v) is 44.2. The largest absolute Gasteiger partial charge is 0.310 e. The molecule has 14 aromatic rings. The van der Waals surface area contributed by atoms with Gasteiger partial charge in [-0.25, -0.2) is 0 Å². The molecule has 1 heterocycles. The number of fused-ring (bicyclic) bond motifs is 10. The summed E-state index contributed by atoms with van der Waals surface area (Å²) >= 11 is 1.81. The smallest absolute Gasteiger partial charge is 0.0714 e. The molecule has 1 nitrogen and oxygen atoms in total. The lowest BCUT2D eigenvalue weighted by Gasteiger charge is -2.35. The van der Waals surface area contributed by atoms with Gasteiger partial charge in [0.1, 0.15) is 0 Å². The van der Waals surface area contributed by atoms with E-state index in [1.165, 1.54) is 53.6 Å². The minimum absolute atomic E-state index is 0.0713. The first-order valence-electron chi connectivity index (χ1n) is 29.8. The number of rotatable bonds is 9. The van der Waals surface area contributed by atoms with Crippen molar-refractivity contribution in [2.24, 2.45) is 0 Å². The molecule has 80 heavy (non-hydrogen) atoms. The Hall–Kier alpha value is -9.86. The van der Waals surface area contributed by atoms with E-state index in [9.17, 15) is 2.74 Å². The fourth-order valence-electron chi connectivity index (χ4n) is 13.9. The fourth-order valence-corrected chi connectivity index (χ4v) is 15.2. The molecule has 374 valence electrons. The molecule has 1 aromatic heterocycles. The van der Waals surface area contributed by atoms with E-state index >= 15 is 0 Å². The predicted molar refractivity (Wildman–Crippen MR) is 337 cm³/mol. The third kappa shape index (κ3) is 6.70. The Morgan fingerprint density at radius 3 is 1.36 bits per heavy atom. The van der Waals surface area contributed by atoms with Gasteiger partial charge in [0, 0.05) is 36.9 Å². The monoisotopic (exact) mass is 1040 g/mol. The topological polar surface area (TPSA) is 3.24 Å². The van der Waals surface area contributed by atoms with Gasteiger partial charge >= 0.3 is 0 Å². The van der Waals surface area contributed by atoms with Gasteiger partial charge in [0.15, 0.2) is 0 Å². The van der Waals surface area contributed by atoms with Gasteiger partial charge in [-0.05, 0) is 131 Å². The van der Waals surface area contributed by atoms with Crippen LogP contribution in [0.2, 0.25) is 0 Å². The highest BCUT2D eigenvalue weighted by Crippen LogP contribution is 2.59. The maximum Gasteiger partial charge on any atom is 0.0714 e. The molecule has 0 fully saturated rings. The average Bonchev–Trinajstić information content (AvgIpc) is 2.00. The van der Waals surface area contributed by atoms with Gasteiger partial charge in [-0.2, -0.15) is 0 Å². The minimum Gasteiger partial charge on any atom is -0.310 e. The van der Waals surface area contributed by atoms with Gasteiger partial charge in [0.2, 0.25) is 0 Å². The molecule has 0 spiro atoms. The van der Waals surface area contributed by atoms with E-state index < -0.39 is 29.0 Å². The van der Waals surface area contributed by atoms with E-state index in [0.717, 1.165) is 66.4 Å². The molecular formula is C78H51NS. The molecule has 0 unspecified atom stereocenters. The van der Waals surface area contributed by atoms with Gasteiger partial charge in [-0.1, -0.05) is 273 Å². The van der Waals surface area contributed by atoms with Crippen LogP contribution in [0.5, 0.6) is 0 Å². The average molecular weight is 1040 g/mol. The van der Waals surface area contributed by atoms with Gasteiger partial charge in [0.25, 0.3) is 0 Å². The first kappa shape index (κ1) is 41.3. The lowest BCUT2D eigenvalue weighted by Crippen LogP contribution is -2.28. The van der Waals surface area contributed by atoms with Crippen molar-refractivity contribution in [1.29, 1.82) is 0 Å². The zero-order chi connectivity index (χ0) is 57.1. The molecule has 0 aliphatic heterocycles. The molecule has 2 heteroatoms. The summed E-state index contributed by atoms with van der Waals surface area (Å²) in [4.78, 5) is 1.91. The molecule has 13 aromatic carbocycles. The van der Waals surface area contributed by atoms with Crippen molar-refractivity contribution < 1.29 is 6.85 Å². The molecule has 0 radical (unpaired) electrons. The second-order valence-electron chi connectivity index (χ2n) is 21.0. The number of hydrogen-bond acceptors (Lipinski definition) is 2. The standard InChI is InChI=1S/C78H51NS/c1-5-23-53(24-6-1)77(69-37-19-15-32-62(69)63-33-16-20-38-70(63)77)56-43-41-52(42-44-56)59-47-48-67(75-68-36-18-22-40-74(68)80-76(59)75)61-49-50-73(66-35-14-13-31-60(61)66)79(57-29-11-4-12-30-57)58-45-46-65-64-34-17-21-39-71(64)78(72(65)51-58,54-25-7-2-8-26-54)55-27-9-3-10-28-55/h1-51H/i4D,11D,12D,29D,30D. The summed E-state index contributed by atoms with van der Waals surface area (Å²) in [5.74, 6) is 0. The SMILES string of the molecule is [2H]c1c([2H])c([2H])c(N(c2ccc3c(c2)C(c2ccccc2)(c2ccccc2)c2ccccc2-3)c2ccc(-c3ccc(-c4ccc(C5(c6ccccc6)c6ccccc6-c6ccccc65)cc4)c4sc5ccccc5c34)c3ccccc23)c([2H])c1[2H]. The van der Waals surface area contributed by atoms with Crippen LogP contribution in [0, 0.1) is 0 Å². The van der Waals surface area contributed by atoms with Crippen molar-refractivity contribution in [1.82, 2.24) is 0 Å². The third-order valence-corrected chi connectivity index (χ3v) is 18.4. The summed E-state index contributed by atoms with van der Waals surface area (Å²) < 4.78 is 48.6. The van der Waals surface area contributed by atoms with E-state index in [1.807, 2.05) is 40.5 Å². The van der Waals surface area contributed by atoms with Crippen LogP contribution in [-0.2, 0) is 10.8 Å². The Kier molecular flexibility index (Phi) is 9.48. The molecule has 0 bridgehead atoms. The summed E-state index contributed by atoms with van der Waals surface area (Å²) in [5.41, 5.74) is 18.7. The number of nitrogens with zero attached hydrogens (tertiary/aromatic N) is 1. The van der Waals surface area contributed by atoms with Crippen molar-refractivity contribution >= 4 is 59.3 Å². The molecule has 2 aliphatic carbocycles. The zero-order valence-electron chi connectivity index (χ0n) is 48.4. The second kappa shape index (κ2) is 18.4. The molecular weight excluding hydrogens is 983 g/mol. The normalized spacial score (nSPS) is 14.3. The van der Waals surface area contributed by atoms with E-state index in [2.05, 4.69) is 255 Å². The van der Waals surface area contributed by atoms with Crippen LogP contribution in [-0.4, -0.2) is 0 Å². The molecule has 0 amide bonds. The first-order chi connectivity index (χ1) is 41.8. The van der Waals surface area contributed by atoms with Crippen LogP contribution >= 0.6 is 11.3 Å². The fraction of sp³-hybridized carbons (Fsp3) is 0.0256. The molecule has 0 atom stereocenters. The Bertz CT molecular complexity index is 4900. The van der Waals surface area contributed by atoms with Gasteiger partial charge < -0.3 is 4.90 Å². The third-order valence-electron chi connectivity index (χ3n) is 17.2. The lowest BCUT2D eigenvalue weighted by atomic mass is 9.67. The van der Waals surface area contributed by atoms with Crippen LogP contribution in [0.15, 0.2) is 309 Å². The van der Waals surface area contributed by atoms with Crippen molar-refractivity contribution in [3.8, 4) is 44.5 Å². The first-order valence-corrected chi connectivity index (χ1v) is 28.1. The number of benzene rings is 13. The van der Waals surface area contributed by atoms with Crippen molar-refractivity contribution in [3.63, 3.8) is 0 Å². The Balaban J connectivity index is 0.890. The Morgan fingerprint density at radius 2 is 0.762 bits per heavy atom. The van der Waals surface area contributed by atoms with Crippen molar-refractivity contribution in [3.05, 3.63) is 354 Å². The van der Waals surface area contributed by atoms with Crippen LogP contribution in [0.4, 0.5) is 17.1 Å². The summed E-state index contributed by atoms with van der Waals surface area (Å²) in [5, 5.41) is 4.17. The Labute approximate surface area is 477 Å². The quantitative estimate of drug-likeness (QED) is 0.139. The summed E-state index contributed by atoms with van der Waals surface area (Å²) in [7, 11) is 0. The lowest BCUT2D eigenvalue weighted by molar-refractivity contribution is 0.768. The summed E-state index contributed by atoms with van der Waals surface area (Å²) in [6.45, 7) is 0.